The SMILES string of the molecule is COC(=O)[C@H](C)Sc1nc2c([nH]c3ccccc32)c(=O)n1-c1cccc(C)c1C. The molecule has 2 aromatic carbocycles. The zero-order valence-electron chi connectivity index (χ0n) is 16.6. The molecule has 1 N–H and O–H groups in total. The predicted molar refractivity (Wildman–Crippen MR) is 116 cm³/mol. The number of carbonyl (C=O) groups excluding carboxylic acids is 1. The number of aromatic amines is 1. The number of fused-ring (bicyclic) bond motifs is 3. The van der Waals surface area contributed by atoms with Gasteiger partial charge in [0.2, 0.25) is 0 Å². The summed E-state index contributed by atoms with van der Waals surface area (Å²) in [4.78, 5) is 33.6. The van der Waals surface area contributed by atoms with Crippen molar-refractivity contribution in [1.82, 2.24) is 14.5 Å². The molecular formula is C22H21N3O3S. The molecule has 0 bridgehead atoms. The average Bonchev–Trinajstić information content (AvgIpc) is 3.09. The van der Waals surface area contributed by atoms with Crippen LogP contribution >= 0.6 is 11.8 Å². The third-order valence-corrected chi connectivity index (χ3v) is 6.16. The van der Waals surface area contributed by atoms with Gasteiger partial charge < -0.3 is 9.72 Å². The lowest BCUT2D eigenvalue weighted by molar-refractivity contribution is -0.139. The van der Waals surface area contributed by atoms with E-state index in [0.29, 0.717) is 16.2 Å². The average molecular weight is 407 g/mol. The van der Waals surface area contributed by atoms with Crippen molar-refractivity contribution in [2.24, 2.45) is 0 Å². The summed E-state index contributed by atoms with van der Waals surface area (Å²) in [5.41, 5.74) is 4.52. The highest BCUT2D eigenvalue weighted by Gasteiger charge is 2.23. The van der Waals surface area contributed by atoms with Gasteiger partial charge in [0.25, 0.3) is 5.56 Å². The van der Waals surface area contributed by atoms with Crippen LogP contribution < -0.4 is 5.56 Å². The van der Waals surface area contributed by atoms with Crippen LogP contribution in [0.25, 0.3) is 27.6 Å². The normalized spacial score (nSPS) is 12.4. The minimum absolute atomic E-state index is 0.195. The number of hydrogen-bond donors (Lipinski definition) is 1. The van der Waals surface area contributed by atoms with Gasteiger partial charge in [-0.1, -0.05) is 42.1 Å². The molecule has 0 saturated carbocycles. The number of H-pyrrole nitrogens is 1. The van der Waals surface area contributed by atoms with Crippen LogP contribution in [0.1, 0.15) is 18.1 Å². The van der Waals surface area contributed by atoms with Gasteiger partial charge in [0.1, 0.15) is 16.3 Å². The zero-order valence-corrected chi connectivity index (χ0v) is 17.5. The standard InChI is InChI=1S/C22H21N3O3S/c1-12-8-7-11-17(13(12)2)25-20(26)19-18(15-9-5-6-10-16(15)23-19)24-22(25)29-14(3)21(27)28-4/h5-11,14,23H,1-4H3/t14-/m0/s1. The van der Waals surface area contributed by atoms with E-state index in [1.807, 2.05) is 56.3 Å². The number of rotatable bonds is 4. The van der Waals surface area contributed by atoms with E-state index in [1.54, 1.807) is 11.5 Å². The third-order valence-electron chi connectivity index (χ3n) is 5.13. The monoisotopic (exact) mass is 407 g/mol. The summed E-state index contributed by atoms with van der Waals surface area (Å²) >= 11 is 1.22. The second-order valence-corrected chi connectivity index (χ2v) is 8.24. The van der Waals surface area contributed by atoms with Gasteiger partial charge in [-0.2, -0.15) is 0 Å². The Morgan fingerprint density at radius 2 is 1.93 bits per heavy atom. The fraction of sp³-hybridized carbons (Fsp3) is 0.227. The second-order valence-electron chi connectivity index (χ2n) is 6.93. The Hall–Kier alpha value is -3.06. The summed E-state index contributed by atoms with van der Waals surface area (Å²) in [6, 6.07) is 13.5. The molecule has 2 aromatic heterocycles. The molecule has 1 atom stereocenters. The van der Waals surface area contributed by atoms with E-state index in [9.17, 15) is 9.59 Å². The van der Waals surface area contributed by atoms with Gasteiger partial charge in [0.15, 0.2) is 5.16 Å². The number of aromatic nitrogens is 3. The van der Waals surface area contributed by atoms with Gasteiger partial charge in [-0.15, -0.1) is 0 Å². The molecule has 148 valence electrons. The Morgan fingerprint density at radius 3 is 2.69 bits per heavy atom. The van der Waals surface area contributed by atoms with E-state index in [0.717, 1.165) is 27.7 Å². The first kappa shape index (κ1) is 19.3. The number of benzene rings is 2. The first-order chi connectivity index (χ1) is 13.9. The molecule has 4 aromatic rings. The molecule has 0 saturated heterocycles. The van der Waals surface area contributed by atoms with Crippen LogP contribution in [0.5, 0.6) is 0 Å². The summed E-state index contributed by atoms with van der Waals surface area (Å²) < 4.78 is 6.45. The minimum Gasteiger partial charge on any atom is -0.468 e. The first-order valence-corrected chi connectivity index (χ1v) is 10.1. The molecule has 0 radical (unpaired) electrons. The molecule has 0 amide bonds. The maximum absolute atomic E-state index is 13.6. The van der Waals surface area contributed by atoms with Crippen LogP contribution in [0.2, 0.25) is 0 Å². The van der Waals surface area contributed by atoms with Crippen LogP contribution in [-0.4, -0.2) is 32.9 Å². The van der Waals surface area contributed by atoms with Crippen LogP contribution in [-0.2, 0) is 9.53 Å². The Morgan fingerprint density at radius 1 is 1.17 bits per heavy atom. The van der Waals surface area contributed by atoms with Crippen molar-refractivity contribution in [2.45, 2.75) is 31.2 Å². The van der Waals surface area contributed by atoms with Crippen molar-refractivity contribution < 1.29 is 9.53 Å². The summed E-state index contributed by atoms with van der Waals surface area (Å²) in [5, 5.41) is 0.824. The van der Waals surface area contributed by atoms with E-state index < -0.39 is 5.25 Å². The molecule has 29 heavy (non-hydrogen) atoms. The summed E-state index contributed by atoms with van der Waals surface area (Å²) in [5.74, 6) is -0.365. The molecule has 0 fully saturated rings. The number of carbonyl (C=O) groups is 1. The molecular weight excluding hydrogens is 386 g/mol. The smallest absolute Gasteiger partial charge is 0.318 e. The highest BCUT2D eigenvalue weighted by molar-refractivity contribution is 8.00. The van der Waals surface area contributed by atoms with Gasteiger partial charge in [-0.3, -0.25) is 14.2 Å². The first-order valence-electron chi connectivity index (χ1n) is 9.27. The van der Waals surface area contributed by atoms with E-state index in [1.165, 1.54) is 18.9 Å². The van der Waals surface area contributed by atoms with Crippen molar-refractivity contribution in [3.8, 4) is 5.69 Å². The molecule has 2 heterocycles. The van der Waals surface area contributed by atoms with E-state index >= 15 is 0 Å². The molecule has 0 aliphatic rings. The van der Waals surface area contributed by atoms with Crippen LogP contribution in [0, 0.1) is 13.8 Å². The Balaban J connectivity index is 2.06. The lowest BCUT2D eigenvalue weighted by atomic mass is 10.1. The molecule has 0 spiro atoms. The van der Waals surface area contributed by atoms with Gasteiger partial charge in [-0.25, -0.2) is 4.98 Å². The molecule has 0 aliphatic carbocycles. The Bertz CT molecular complexity index is 1310. The topological polar surface area (TPSA) is 77.0 Å². The Labute approximate surface area is 171 Å². The van der Waals surface area contributed by atoms with Gasteiger partial charge >= 0.3 is 5.97 Å². The van der Waals surface area contributed by atoms with Crippen molar-refractivity contribution >= 4 is 39.7 Å². The quantitative estimate of drug-likeness (QED) is 0.313. The minimum atomic E-state index is -0.508. The number of nitrogens with one attached hydrogen (secondary N) is 1. The fourth-order valence-corrected chi connectivity index (χ4v) is 4.32. The summed E-state index contributed by atoms with van der Waals surface area (Å²) in [7, 11) is 1.35. The van der Waals surface area contributed by atoms with E-state index in [4.69, 9.17) is 9.72 Å². The third kappa shape index (κ3) is 3.21. The van der Waals surface area contributed by atoms with Crippen LogP contribution in [0.15, 0.2) is 52.4 Å². The number of nitrogens with zero attached hydrogens (tertiary/aromatic N) is 2. The maximum atomic E-state index is 13.6. The number of methoxy groups -OCH3 is 1. The molecule has 4 rings (SSSR count). The van der Waals surface area contributed by atoms with Crippen molar-refractivity contribution in [2.75, 3.05) is 7.11 Å². The van der Waals surface area contributed by atoms with Gasteiger partial charge in [0, 0.05) is 10.9 Å². The lowest BCUT2D eigenvalue weighted by Gasteiger charge is -2.17. The highest BCUT2D eigenvalue weighted by atomic mass is 32.2. The second kappa shape index (κ2) is 7.40. The van der Waals surface area contributed by atoms with Gasteiger partial charge in [0.05, 0.1) is 12.8 Å². The molecule has 6 nitrogen and oxygen atoms in total. The van der Waals surface area contributed by atoms with E-state index in [-0.39, 0.29) is 11.5 Å². The summed E-state index contributed by atoms with van der Waals surface area (Å²) in [6.07, 6.45) is 0. The number of thioether (sulfide) groups is 1. The largest absolute Gasteiger partial charge is 0.468 e. The number of ether oxygens (including phenoxy) is 1. The number of para-hydroxylation sites is 1. The lowest BCUT2D eigenvalue weighted by Crippen LogP contribution is -2.24. The van der Waals surface area contributed by atoms with Crippen LogP contribution in [0.3, 0.4) is 0 Å². The maximum Gasteiger partial charge on any atom is 0.318 e. The van der Waals surface area contributed by atoms with Crippen molar-refractivity contribution in [3.63, 3.8) is 0 Å². The predicted octanol–water partition coefficient (Wildman–Crippen LogP) is 4.14. The molecule has 7 heteroatoms. The van der Waals surface area contributed by atoms with Crippen molar-refractivity contribution in [1.29, 1.82) is 0 Å². The fourth-order valence-electron chi connectivity index (χ4n) is 3.38. The number of hydrogen-bond acceptors (Lipinski definition) is 5. The zero-order chi connectivity index (χ0) is 20.7. The summed E-state index contributed by atoms with van der Waals surface area (Å²) in [6.45, 7) is 5.73. The van der Waals surface area contributed by atoms with Gasteiger partial charge in [-0.05, 0) is 44.0 Å². The molecule has 0 unspecified atom stereocenters. The van der Waals surface area contributed by atoms with Crippen LogP contribution in [0.4, 0.5) is 0 Å². The Kier molecular flexibility index (Phi) is 4.92. The number of aryl methyl sites for hydroxylation is 1. The van der Waals surface area contributed by atoms with Crippen molar-refractivity contribution in [3.05, 3.63) is 63.9 Å². The van der Waals surface area contributed by atoms with E-state index in [2.05, 4.69) is 4.98 Å². The molecule has 0 aliphatic heterocycles. The number of esters is 1. The highest BCUT2D eigenvalue weighted by Crippen LogP contribution is 2.30.